The van der Waals surface area contributed by atoms with Gasteiger partial charge in [0.05, 0.1) is 0 Å². The molecule has 0 aliphatic heterocycles. The molecule has 0 amide bonds. The van der Waals surface area contributed by atoms with Gasteiger partial charge in [0, 0.05) is 6.04 Å². The number of hydrogen-bond acceptors (Lipinski definition) is 1. The fraction of sp³-hybridized carbons (Fsp3) is 0.833. The van der Waals surface area contributed by atoms with Crippen molar-refractivity contribution in [3.05, 3.63) is 0 Å². The monoisotopic (exact) mass is 97.1 g/mol. The van der Waals surface area contributed by atoms with E-state index in [1.807, 2.05) is 0 Å². The zero-order chi connectivity index (χ0) is 5.28. The molecule has 1 saturated carbocycles. The van der Waals surface area contributed by atoms with Gasteiger partial charge in [-0.15, -0.1) is 0 Å². The molecule has 1 fully saturated rings. The summed E-state index contributed by atoms with van der Waals surface area (Å²) in [5.41, 5.74) is 0. The molecule has 0 N–H and O–H groups in total. The summed E-state index contributed by atoms with van der Waals surface area (Å²) in [5, 5.41) is 0. The SMILES string of the molecule is C=NC1CC(C)C1. The number of aliphatic imine (C=N–C) groups is 1. The van der Waals surface area contributed by atoms with Crippen molar-refractivity contribution in [2.75, 3.05) is 0 Å². The molecule has 0 bridgehead atoms. The van der Waals surface area contributed by atoms with Crippen LogP contribution in [0, 0.1) is 5.92 Å². The van der Waals surface area contributed by atoms with E-state index in [1.54, 1.807) is 0 Å². The Kier molecular flexibility index (Phi) is 1.13. The van der Waals surface area contributed by atoms with E-state index < -0.39 is 0 Å². The maximum atomic E-state index is 3.89. The molecule has 0 heterocycles. The molecule has 1 rings (SSSR count). The second-order valence-electron chi connectivity index (χ2n) is 2.41. The van der Waals surface area contributed by atoms with Crippen molar-refractivity contribution in [1.29, 1.82) is 0 Å². The Hall–Kier alpha value is -0.330. The first-order valence-electron chi connectivity index (χ1n) is 2.78. The Morgan fingerprint density at radius 2 is 2.14 bits per heavy atom. The molecule has 40 valence electrons. The van der Waals surface area contributed by atoms with Crippen molar-refractivity contribution >= 4 is 6.72 Å². The average Bonchev–Trinajstić information content (AvgIpc) is 1.58. The Labute approximate surface area is 44.5 Å². The van der Waals surface area contributed by atoms with E-state index >= 15 is 0 Å². The standard InChI is InChI=1S/C6H11N/c1-5-3-6(4-5)7-2/h5-6H,2-4H2,1H3. The molecule has 0 spiro atoms. The molecule has 0 aromatic rings. The van der Waals surface area contributed by atoms with Crippen LogP contribution in [-0.2, 0) is 0 Å². The topological polar surface area (TPSA) is 12.4 Å². The van der Waals surface area contributed by atoms with Crippen LogP contribution >= 0.6 is 0 Å². The highest BCUT2D eigenvalue weighted by Gasteiger charge is 2.22. The van der Waals surface area contributed by atoms with E-state index in [9.17, 15) is 0 Å². The lowest BCUT2D eigenvalue weighted by atomic mass is 9.82. The molecule has 1 aliphatic carbocycles. The molecular weight excluding hydrogens is 86.1 g/mol. The van der Waals surface area contributed by atoms with Crippen molar-refractivity contribution in [3.63, 3.8) is 0 Å². The fourth-order valence-electron chi connectivity index (χ4n) is 1.01. The molecule has 1 aliphatic rings. The molecule has 0 aromatic heterocycles. The highest BCUT2D eigenvalue weighted by Crippen LogP contribution is 2.28. The number of rotatable bonds is 1. The van der Waals surface area contributed by atoms with Crippen molar-refractivity contribution in [2.24, 2.45) is 10.9 Å². The highest BCUT2D eigenvalue weighted by molar-refractivity contribution is 5.24. The second-order valence-corrected chi connectivity index (χ2v) is 2.41. The lowest BCUT2D eigenvalue weighted by Crippen LogP contribution is -2.23. The van der Waals surface area contributed by atoms with E-state index in [0.717, 1.165) is 5.92 Å². The molecule has 1 heteroatoms. The maximum absolute atomic E-state index is 3.89. The third-order valence-electron chi connectivity index (χ3n) is 1.61. The quantitative estimate of drug-likeness (QED) is 0.439. The van der Waals surface area contributed by atoms with Gasteiger partial charge in [-0.05, 0) is 25.5 Å². The summed E-state index contributed by atoms with van der Waals surface area (Å²) < 4.78 is 0. The first kappa shape index (κ1) is 4.82. The molecule has 7 heavy (non-hydrogen) atoms. The van der Waals surface area contributed by atoms with Crippen molar-refractivity contribution in [1.82, 2.24) is 0 Å². The lowest BCUT2D eigenvalue weighted by Gasteiger charge is -2.28. The van der Waals surface area contributed by atoms with Gasteiger partial charge in [0.2, 0.25) is 0 Å². The smallest absolute Gasteiger partial charge is 0.0497 e. The van der Waals surface area contributed by atoms with Gasteiger partial charge in [-0.2, -0.15) is 0 Å². The maximum Gasteiger partial charge on any atom is 0.0497 e. The molecule has 0 aromatic carbocycles. The van der Waals surface area contributed by atoms with Gasteiger partial charge in [-0.1, -0.05) is 6.92 Å². The van der Waals surface area contributed by atoms with Gasteiger partial charge in [-0.3, -0.25) is 4.99 Å². The second kappa shape index (κ2) is 1.65. The first-order valence-corrected chi connectivity index (χ1v) is 2.78. The Morgan fingerprint density at radius 1 is 1.57 bits per heavy atom. The van der Waals surface area contributed by atoms with Crippen LogP contribution in [0.1, 0.15) is 19.8 Å². The van der Waals surface area contributed by atoms with Gasteiger partial charge in [0.25, 0.3) is 0 Å². The minimum Gasteiger partial charge on any atom is -0.298 e. The summed E-state index contributed by atoms with van der Waals surface area (Å²) >= 11 is 0. The largest absolute Gasteiger partial charge is 0.298 e. The fourth-order valence-corrected chi connectivity index (χ4v) is 1.01. The number of nitrogens with zero attached hydrogens (tertiary/aromatic N) is 1. The van der Waals surface area contributed by atoms with Gasteiger partial charge < -0.3 is 0 Å². The predicted molar refractivity (Wildman–Crippen MR) is 31.7 cm³/mol. The minimum atomic E-state index is 0.606. The molecule has 1 nitrogen and oxygen atoms in total. The van der Waals surface area contributed by atoms with E-state index in [1.165, 1.54) is 12.8 Å². The van der Waals surface area contributed by atoms with E-state index in [-0.39, 0.29) is 0 Å². The summed E-state index contributed by atoms with van der Waals surface area (Å²) in [6, 6.07) is 0.606. The van der Waals surface area contributed by atoms with E-state index in [4.69, 9.17) is 0 Å². The van der Waals surface area contributed by atoms with Gasteiger partial charge >= 0.3 is 0 Å². The van der Waals surface area contributed by atoms with Crippen LogP contribution in [0.15, 0.2) is 4.99 Å². The molecule has 0 radical (unpaired) electrons. The van der Waals surface area contributed by atoms with Crippen molar-refractivity contribution < 1.29 is 0 Å². The van der Waals surface area contributed by atoms with E-state index in [0.29, 0.717) is 6.04 Å². The Morgan fingerprint density at radius 3 is 2.29 bits per heavy atom. The van der Waals surface area contributed by atoms with Crippen molar-refractivity contribution in [2.45, 2.75) is 25.8 Å². The average molecular weight is 97.2 g/mol. The summed E-state index contributed by atoms with van der Waals surface area (Å²) in [7, 11) is 0. The minimum absolute atomic E-state index is 0.606. The Bertz CT molecular complexity index is 72.2. The van der Waals surface area contributed by atoms with Crippen LogP contribution in [0.4, 0.5) is 0 Å². The molecule has 0 unspecified atom stereocenters. The Balaban J connectivity index is 2.17. The lowest BCUT2D eigenvalue weighted by molar-refractivity contribution is 0.293. The molecule has 0 atom stereocenters. The van der Waals surface area contributed by atoms with Crippen LogP contribution in [0.3, 0.4) is 0 Å². The zero-order valence-electron chi connectivity index (χ0n) is 4.72. The van der Waals surface area contributed by atoms with Gasteiger partial charge in [-0.25, -0.2) is 0 Å². The highest BCUT2D eigenvalue weighted by atomic mass is 14.8. The van der Waals surface area contributed by atoms with Crippen LogP contribution < -0.4 is 0 Å². The summed E-state index contributed by atoms with van der Waals surface area (Å²) in [6.07, 6.45) is 2.53. The van der Waals surface area contributed by atoms with Crippen LogP contribution in [0.5, 0.6) is 0 Å². The van der Waals surface area contributed by atoms with Gasteiger partial charge in [0.1, 0.15) is 0 Å². The van der Waals surface area contributed by atoms with Gasteiger partial charge in [0.15, 0.2) is 0 Å². The molecule has 0 saturated heterocycles. The van der Waals surface area contributed by atoms with Crippen LogP contribution in [0.2, 0.25) is 0 Å². The summed E-state index contributed by atoms with van der Waals surface area (Å²) in [4.78, 5) is 3.89. The summed E-state index contributed by atoms with van der Waals surface area (Å²) in [6.45, 7) is 5.72. The predicted octanol–water partition coefficient (Wildman–Crippen LogP) is 1.49. The third kappa shape index (κ3) is 0.817. The normalized spacial score (nSPS) is 39.6. The first-order chi connectivity index (χ1) is 3.33. The molecular formula is C6H11N. The zero-order valence-corrected chi connectivity index (χ0v) is 4.72. The van der Waals surface area contributed by atoms with Crippen molar-refractivity contribution in [3.8, 4) is 0 Å². The summed E-state index contributed by atoms with van der Waals surface area (Å²) in [5.74, 6) is 0.912. The third-order valence-corrected chi connectivity index (χ3v) is 1.61. The van der Waals surface area contributed by atoms with E-state index in [2.05, 4.69) is 18.6 Å². The van der Waals surface area contributed by atoms with Crippen LogP contribution in [-0.4, -0.2) is 12.8 Å². The van der Waals surface area contributed by atoms with Crippen LogP contribution in [0.25, 0.3) is 0 Å². The number of hydrogen-bond donors (Lipinski definition) is 0.